The molecule has 0 saturated heterocycles. The van der Waals surface area contributed by atoms with E-state index in [0.717, 1.165) is 16.2 Å². The van der Waals surface area contributed by atoms with Crippen LogP contribution < -0.4 is 14.8 Å². The van der Waals surface area contributed by atoms with Gasteiger partial charge in [0.15, 0.2) is 22.3 Å². The lowest BCUT2D eigenvalue weighted by Crippen LogP contribution is -2.27. The number of aromatic nitrogens is 1. The Hall–Kier alpha value is -2.80. The van der Waals surface area contributed by atoms with Crippen molar-refractivity contribution in [1.29, 1.82) is 0 Å². The molecule has 6 nitrogen and oxygen atoms in total. The van der Waals surface area contributed by atoms with Gasteiger partial charge in [-0.15, -0.1) is 11.3 Å². The van der Waals surface area contributed by atoms with E-state index in [-0.39, 0.29) is 11.9 Å². The summed E-state index contributed by atoms with van der Waals surface area (Å²) in [4.78, 5) is 18.0. The van der Waals surface area contributed by atoms with Crippen LogP contribution in [0, 0.1) is 6.92 Å². The van der Waals surface area contributed by atoms with Crippen molar-refractivity contribution in [2.45, 2.75) is 19.9 Å². The molecule has 26 heavy (non-hydrogen) atoms. The minimum absolute atomic E-state index is 0.188. The molecule has 2 aromatic heterocycles. The molecule has 1 aliphatic heterocycles. The number of rotatable bonds is 4. The summed E-state index contributed by atoms with van der Waals surface area (Å²) in [5.41, 5.74) is 1.37. The van der Waals surface area contributed by atoms with Crippen LogP contribution in [-0.4, -0.2) is 24.1 Å². The van der Waals surface area contributed by atoms with Crippen LogP contribution in [-0.2, 0) is 0 Å². The van der Waals surface area contributed by atoms with Crippen LogP contribution in [0.2, 0.25) is 0 Å². The van der Waals surface area contributed by atoms with Gasteiger partial charge in [0, 0.05) is 4.88 Å². The molecule has 0 aliphatic carbocycles. The third-order valence-electron chi connectivity index (χ3n) is 4.16. The van der Waals surface area contributed by atoms with Gasteiger partial charge in [-0.25, -0.2) is 4.98 Å². The van der Waals surface area contributed by atoms with Crippen molar-refractivity contribution in [1.82, 2.24) is 10.3 Å². The second kappa shape index (κ2) is 6.84. The molecule has 1 aromatic carbocycles. The fourth-order valence-electron chi connectivity index (χ4n) is 2.79. The summed E-state index contributed by atoms with van der Waals surface area (Å²) in [7, 11) is 0. The van der Waals surface area contributed by atoms with Gasteiger partial charge in [0.25, 0.3) is 5.91 Å². The summed E-state index contributed by atoms with van der Waals surface area (Å²) < 4.78 is 16.5. The zero-order valence-corrected chi connectivity index (χ0v) is 15.3. The first-order valence-corrected chi connectivity index (χ1v) is 9.15. The number of aryl methyl sites for hydroxylation is 1. The van der Waals surface area contributed by atoms with E-state index in [4.69, 9.17) is 13.9 Å². The van der Waals surface area contributed by atoms with E-state index >= 15 is 0 Å². The molecule has 4 rings (SSSR count). The van der Waals surface area contributed by atoms with Crippen LogP contribution in [0.25, 0.3) is 10.8 Å². The topological polar surface area (TPSA) is 73.6 Å². The molecule has 134 valence electrons. The van der Waals surface area contributed by atoms with Crippen LogP contribution in [0.1, 0.15) is 33.9 Å². The second-order valence-corrected chi connectivity index (χ2v) is 7.20. The average Bonchev–Trinajstić information content (AvgIpc) is 3.30. The molecule has 0 fully saturated rings. The van der Waals surface area contributed by atoms with Crippen molar-refractivity contribution in [3.05, 3.63) is 52.7 Å². The molecule has 7 heteroatoms. The number of amides is 1. The molecule has 3 aromatic rings. The van der Waals surface area contributed by atoms with E-state index < -0.39 is 0 Å². The number of furan rings is 1. The van der Waals surface area contributed by atoms with Crippen LogP contribution in [0.5, 0.6) is 11.5 Å². The van der Waals surface area contributed by atoms with Gasteiger partial charge in [0.05, 0.1) is 12.3 Å². The highest BCUT2D eigenvalue weighted by molar-refractivity contribution is 7.15. The van der Waals surface area contributed by atoms with Gasteiger partial charge in [0.2, 0.25) is 0 Å². The Morgan fingerprint density at radius 3 is 2.81 bits per heavy atom. The molecule has 1 atom stereocenters. The van der Waals surface area contributed by atoms with Gasteiger partial charge in [-0.1, -0.05) is 6.07 Å². The Morgan fingerprint density at radius 2 is 2.04 bits per heavy atom. The number of nitrogens with zero attached hydrogens (tertiary/aromatic N) is 1. The zero-order valence-electron chi connectivity index (χ0n) is 14.4. The molecule has 1 amide bonds. The third kappa shape index (κ3) is 3.17. The van der Waals surface area contributed by atoms with E-state index in [2.05, 4.69) is 10.3 Å². The minimum Gasteiger partial charge on any atom is -0.486 e. The highest BCUT2D eigenvalue weighted by Gasteiger charge is 2.21. The summed E-state index contributed by atoms with van der Waals surface area (Å²) in [6.07, 6.45) is 1.59. The lowest BCUT2D eigenvalue weighted by atomic mass is 10.1. The number of hydrogen-bond donors (Lipinski definition) is 1. The predicted molar refractivity (Wildman–Crippen MR) is 97.9 cm³/mol. The molecule has 1 unspecified atom stereocenters. The normalized spacial score (nSPS) is 14.1. The largest absolute Gasteiger partial charge is 0.486 e. The van der Waals surface area contributed by atoms with Crippen LogP contribution >= 0.6 is 11.3 Å². The summed E-state index contributed by atoms with van der Waals surface area (Å²) >= 11 is 1.44. The van der Waals surface area contributed by atoms with Crippen molar-refractivity contribution in [3.8, 4) is 22.3 Å². The number of ether oxygens (including phenoxy) is 2. The fraction of sp³-hybridized carbons (Fsp3) is 0.263. The quantitative estimate of drug-likeness (QED) is 0.752. The number of hydrogen-bond acceptors (Lipinski definition) is 6. The molecule has 0 radical (unpaired) electrons. The molecular weight excluding hydrogens is 352 g/mol. The van der Waals surface area contributed by atoms with E-state index in [9.17, 15) is 4.79 Å². The highest BCUT2D eigenvalue weighted by Crippen LogP contribution is 2.33. The fourth-order valence-corrected chi connectivity index (χ4v) is 3.67. The molecule has 3 heterocycles. The number of thiazole rings is 1. The average molecular weight is 370 g/mol. The van der Waals surface area contributed by atoms with Crippen molar-refractivity contribution in [3.63, 3.8) is 0 Å². The first-order chi connectivity index (χ1) is 12.6. The Morgan fingerprint density at radius 1 is 1.23 bits per heavy atom. The second-order valence-electron chi connectivity index (χ2n) is 6.00. The Bertz CT molecular complexity index is 933. The van der Waals surface area contributed by atoms with Crippen molar-refractivity contribution in [2.75, 3.05) is 13.2 Å². The van der Waals surface area contributed by atoms with Crippen molar-refractivity contribution >= 4 is 17.2 Å². The number of nitrogens with one attached hydrogen (secondary N) is 1. The zero-order chi connectivity index (χ0) is 18.1. The highest BCUT2D eigenvalue weighted by atomic mass is 32.1. The van der Waals surface area contributed by atoms with E-state index in [1.165, 1.54) is 11.3 Å². The molecule has 0 spiro atoms. The van der Waals surface area contributed by atoms with Crippen LogP contribution in [0.3, 0.4) is 0 Å². The lowest BCUT2D eigenvalue weighted by Gasteiger charge is -2.21. The van der Waals surface area contributed by atoms with Gasteiger partial charge in [0.1, 0.15) is 18.9 Å². The molecular formula is C19H18N2O4S. The Balaban J connectivity index is 1.51. The van der Waals surface area contributed by atoms with Crippen molar-refractivity contribution in [2.24, 2.45) is 0 Å². The maximum Gasteiger partial charge on any atom is 0.271 e. The molecule has 0 bridgehead atoms. The summed E-state index contributed by atoms with van der Waals surface area (Å²) in [5.74, 6) is 1.90. The maximum atomic E-state index is 12.7. The number of carbonyl (C=O) groups is 1. The summed E-state index contributed by atoms with van der Waals surface area (Å²) in [6.45, 7) is 4.90. The minimum atomic E-state index is -0.209. The van der Waals surface area contributed by atoms with Gasteiger partial charge in [-0.3, -0.25) is 4.79 Å². The standard InChI is InChI=1S/C19H18N2O4S/c1-11(13-5-6-14-16(10-13)25-9-8-24-14)20-18(22)17-12(2)26-19(21-17)15-4-3-7-23-15/h3-7,10-11H,8-9H2,1-2H3,(H,20,22). The first-order valence-electron chi connectivity index (χ1n) is 8.33. The monoisotopic (exact) mass is 370 g/mol. The van der Waals surface area contributed by atoms with Gasteiger partial charge in [-0.05, 0) is 43.7 Å². The first kappa shape index (κ1) is 16.7. The molecule has 1 aliphatic rings. The molecule has 1 N–H and O–H groups in total. The predicted octanol–water partition coefficient (Wildman–Crippen LogP) is 3.97. The summed E-state index contributed by atoms with van der Waals surface area (Å²) in [5, 5.41) is 3.70. The van der Waals surface area contributed by atoms with Gasteiger partial charge in [-0.2, -0.15) is 0 Å². The van der Waals surface area contributed by atoms with E-state index in [1.54, 1.807) is 12.3 Å². The van der Waals surface area contributed by atoms with Gasteiger partial charge < -0.3 is 19.2 Å². The smallest absolute Gasteiger partial charge is 0.271 e. The van der Waals surface area contributed by atoms with Crippen LogP contribution in [0.4, 0.5) is 0 Å². The Kier molecular flexibility index (Phi) is 4.38. The number of benzene rings is 1. The van der Waals surface area contributed by atoms with Crippen LogP contribution in [0.15, 0.2) is 41.0 Å². The Labute approximate surface area is 154 Å². The summed E-state index contributed by atoms with van der Waals surface area (Å²) in [6, 6.07) is 9.15. The maximum absolute atomic E-state index is 12.7. The lowest BCUT2D eigenvalue weighted by molar-refractivity contribution is 0.0935. The van der Waals surface area contributed by atoms with E-state index in [0.29, 0.717) is 35.4 Å². The number of carbonyl (C=O) groups excluding carboxylic acids is 1. The third-order valence-corrected chi connectivity index (χ3v) is 5.14. The number of fused-ring (bicyclic) bond motifs is 1. The van der Waals surface area contributed by atoms with Crippen molar-refractivity contribution < 1.29 is 18.7 Å². The SMILES string of the molecule is Cc1sc(-c2ccco2)nc1C(=O)NC(C)c1ccc2c(c1)OCCO2. The van der Waals surface area contributed by atoms with Gasteiger partial charge >= 0.3 is 0 Å². The molecule has 0 saturated carbocycles. The van der Waals surface area contributed by atoms with E-state index in [1.807, 2.05) is 38.1 Å².